The van der Waals surface area contributed by atoms with E-state index in [1.807, 2.05) is 18.2 Å². The van der Waals surface area contributed by atoms with Gasteiger partial charge in [-0.25, -0.2) is 0 Å². The molecule has 1 aromatic heterocycles. The molecule has 4 heteroatoms. The summed E-state index contributed by atoms with van der Waals surface area (Å²) in [5, 5.41) is 0.948. The van der Waals surface area contributed by atoms with E-state index in [2.05, 4.69) is 4.98 Å². The van der Waals surface area contributed by atoms with Crippen molar-refractivity contribution >= 4 is 16.7 Å². The molecule has 1 atom stereocenters. The van der Waals surface area contributed by atoms with Gasteiger partial charge in [0.15, 0.2) is 5.78 Å². The van der Waals surface area contributed by atoms with Crippen LogP contribution in [-0.4, -0.2) is 23.9 Å². The second-order valence-corrected chi connectivity index (χ2v) is 3.76. The van der Waals surface area contributed by atoms with E-state index in [1.165, 1.54) is 0 Å². The van der Waals surface area contributed by atoms with Gasteiger partial charge in [-0.15, -0.1) is 0 Å². The Balaban J connectivity index is 2.56. The zero-order valence-corrected chi connectivity index (χ0v) is 9.28. The first-order chi connectivity index (χ1) is 7.63. The number of Topliss-reactive ketones (excluding diaryl/α,β-unsaturated/α-hetero) is 1. The Hall–Kier alpha value is -1.81. The highest BCUT2D eigenvalue weighted by atomic mass is 16.5. The van der Waals surface area contributed by atoms with Gasteiger partial charge in [-0.2, -0.15) is 0 Å². The van der Waals surface area contributed by atoms with Crippen LogP contribution in [0.3, 0.4) is 0 Å². The van der Waals surface area contributed by atoms with E-state index in [0.717, 1.165) is 16.7 Å². The van der Waals surface area contributed by atoms with Crippen molar-refractivity contribution in [2.75, 3.05) is 7.11 Å². The van der Waals surface area contributed by atoms with Gasteiger partial charge in [0.25, 0.3) is 0 Å². The predicted octanol–water partition coefficient (Wildman–Crippen LogP) is 1.71. The lowest BCUT2D eigenvalue weighted by Crippen LogP contribution is -2.26. The maximum absolute atomic E-state index is 11.7. The lowest BCUT2D eigenvalue weighted by atomic mass is 10.1. The molecule has 2 rings (SSSR count). The number of aromatic amines is 1. The van der Waals surface area contributed by atoms with Crippen LogP contribution < -0.4 is 10.5 Å². The Morgan fingerprint density at radius 1 is 1.50 bits per heavy atom. The molecule has 1 unspecified atom stereocenters. The number of para-hydroxylation sites is 1. The van der Waals surface area contributed by atoms with Crippen LogP contribution in [0.2, 0.25) is 0 Å². The largest absolute Gasteiger partial charge is 0.495 e. The van der Waals surface area contributed by atoms with Crippen molar-refractivity contribution in [1.82, 2.24) is 4.98 Å². The number of benzene rings is 1. The van der Waals surface area contributed by atoms with E-state index >= 15 is 0 Å². The van der Waals surface area contributed by atoms with Gasteiger partial charge in [-0.3, -0.25) is 4.79 Å². The van der Waals surface area contributed by atoms with Crippen molar-refractivity contribution in [3.8, 4) is 5.75 Å². The van der Waals surface area contributed by atoms with Gasteiger partial charge in [-0.05, 0) is 19.1 Å². The van der Waals surface area contributed by atoms with Crippen LogP contribution in [-0.2, 0) is 0 Å². The lowest BCUT2D eigenvalue weighted by Gasteiger charge is -2.01. The van der Waals surface area contributed by atoms with E-state index in [9.17, 15) is 4.79 Å². The van der Waals surface area contributed by atoms with Crippen LogP contribution in [0.15, 0.2) is 24.3 Å². The zero-order valence-electron chi connectivity index (χ0n) is 9.28. The SMILES string of the molecule is COc1cccc2cc(C(=O)C(C)N)[nH]c12. The van der Waals surface area contributed by atoms with Gasteiger partial charge >= 0.3 is 0 Å². The van der Waals surface area contributed by atoms with Crippen LogP contribution in [0.1, 0.15) is 17.4 Å². The molecule has 84 valence electrons. The van der Waals surface area contributed by atoms with Crippen molar-refractivity contribution in [2.45, 2.75) is 13.0 Å². The first kappa shape index (κ1) is 10.7. The van der Waals surface area contributed by atoms with Crippen LogP contribution in [0.4, 0.5) is 0 Å². The summed E-state index contributed by atoms with van der Waals surface area (Å²) >= 11 is 0. The Morgan fingerprint density at radius 2 is 2.25 bits per heavy atom. The molecule has 0 aliphatic carbocycles. The van der Waals surface area contributed by atoms with Gasteiger partial charge in [0.05, 0.1) is 24.4 Å². The summed E-state index contributed by atoms with van der Waals surface area (Å²) in [6, 6.07) is 6.95. The fourth-order valence-electron chi connectivity index (χ4n) is 1.68. The topological polar surface area (TPSA) is 68.1 Å². The predicted molar refractivity (Wildman–Crippen MR) is 62.8 cm³/mol. The molecule has 0 saturated carbocycles. The Labute approximate surface area is 93.4 Å². The van der Waals surface area contributed by atoms with Crippen molar-refractivity contribution < 1.29 is 9.53 Å². The second-order valence-electron chi connectivity index (χ2n) is 3.76. The van der Waals surface area contributed by atoms with Gasteiger partial charge in [0.2, 0.25) is 0 Å². The summed E-state index contributed by atoms with van der Waals surface area (Å²) < 4.78 is 5.21. The summed E-state index contributed by atoms with van der Waals surface area (Å²) in [6.07, 6.45) is 0. The third-order valence-electron chi connectivity index (χ3n) is 2.52. The summed E-state index contributed by atoms with van der Waals surface area (Å²) in [5.74, 6) is 0.625. The Bertz CT molecular complexity index is 529. The number of fused-ring (bicyclic) bond motifs is 1. The molecule has 16 heavy (non-hydrogen) atoms. The summed E-state index contributed by atoms with van der Waals surface area (Å²) in [6.45, 7) is 1.67. The van der Waals surface area contributed by atoms with Crippen molar-refractivity contribution in [3.63, 3.8) is 0 Å². The van der Waals surface area contributed by atoms with Crippen LogP contribution in [0.25, 0.3) is 10.9 Å². The Morgan fingerprint density at radius 3 is 2.88 bits per heavy atom. The van der Waals surface area contributed by atoms with Gasteiger partial charge in [0, 0.05) is 5.39 Å². The minimum absolute atomic E-state index is 0.0988. The van der Waals surface area contributed by atoms with Crippen LogP contribution in [0, 0.1) is 0 Å². The highest BCUT2D eigenvalue weighted by Gasteiger charge is 2.14. The number of carbonyl (C=O) groups excluding carboxylic acids is 1. The number of rotatable bonds is 3. The standard InChI is InChI=1S/C12H14N2O2/c1-7(13)12(15)9-6-8-4-3-5-10(16-2)11(8)14-9/h3-7,14H,13H2,1-2H3. The Kier molecular flexibility index (Phi) is 2.66. The average molecular weight is 218 g/mol. The minimum atomic E-state index is -0.501. The van der Waals surface area contributed by atoms with Gasteiger partial charge in [0.1, 0.15) is 5.75 Å². The molecule has 0 amide bonds. The van der Waals surface area contributed by atoms with E-state index in [1.54, 1.807) is 20.1 Å². The first-order valence-corrected chi connectivity index (χ1v) is 5.09. The smallest absolute Gasteiger partial charge is 0.195 e. The molecule has 1 heterocycles. The normalized spacial score (nSPS) is 12.7. The third-order valence-corrected chi connectivity index (χ3v) is 2.52. The number of hydrogen-bond acceptors (Lipinski definition) is 3. The number of ether oxygens (including phenoxy) is 1. The molecule has 3 N–H and O–H groups in total. The molecule has 0 aliphatic rings. The number of carbonyl (C=O) groups is 1. The number of aromatic nitrogens is 1. The average Bonchev–Trinajstić information content (AvgIpc) is 2.70. The fraction of sp³-hybridized carbons (Fsp3) is 0.250. The quantitative estimate of drug-likeness (QED) is 0.770. The molecule has 0 bridgehead atoms. The zero-order chi connectivity index (χ0) is 11.7. The van der Waals surface area contributed by atoms with E-state index < -0.39 is 6.04 Å². The van der Waals surface area contributed by atoms with Crippen molar-refractivity contribution in [1.29, 1.82) is 0 Å². The number of nitrogens with one attached hydrogen (secondary N) is 1. The molecule has 0 fully saturated rings. The number of hydrogen-bond donors (Lipinski definition) is 2. The maximum atomic E-state index is 11.7. The van der Waals surface area contributed by atoms with Crippen LogP contribution >= 0.6 is 0 Å². The van der Waals surface area contributed by atoms with E-state index in [4.69, 9.17) is 10.5 Å². The molecule has 4 nitrogen and oxygen atoms in total. The fourth-order valence-corrected chi connectivity index (χ4v) is 1.68. The van der Waals surface area contributed by atoms with Gasteiger partial charge in [-0.1, -0.05) is 12.1 Å². The molecule has 2 aromatic rings. The molecule has 0 radical (unpaired) electrons. The van der Waals surface area contributed by atoms with Crippen molar-refractivity contribution in [2.24, 2.45) is 5.73 Å². The molecule has 0 saturated heterocycles. The van der Waals surface area contributed by atoms with Crippen molar-refractivity contribution in [3.05, 3.63) is 30.0 Å². The molecule has 1 aromatic carbocycles. The molecular weight excluding hydrogens is 204 g/mol. The van der Waals surface area contributed by atoms with Gasteiger partial charge < -0.3 is 15.5 Å². The number of methoxy groups -OCH3 is 1. The molecule has 0 spiro atoms. The molecular formula is C12H14N2O2. The maximum Gasteiger partial charge on any atom is 0.195 e. The first-order valence-electron chi connectivity index (χ1n) is 5.09. The summed E-state index contributed by atoms with van der Waals surface area (Å²) in [5.41, 5.74) is 6.91. The summed E-state index contributed by atoms with van der Waals surface area (Å²) in [4.78, 5) is 14.8. The van der Waals surface area contributed by atoms with Crippen LogP contribution in [0.5, 0.6) is 5.75 Å². The van der Waals surface area contributed by atoms with E-state index in [-0.39, 0.29) is 5.78 Å². The molecule has 0 aliphatic heterocycles. The third kappa shape index (κ3) is 1.67. The van der Waals surface area contributed by atoms with E-state index in [0.29, 0.717) is 5.69 Å². The number of ketones is 1. The number of H-pyrrole nitrogens is 1. The monoisotopic (exact) mass is 218 g/mol. The lowest BCUT2D eigenvalue weighted by molar-refractivity contribution is 0.0964. The minimum Gasteiger partial charge on any atom is -0.495 e. The highest BCUT2D eigenvalue weighted by Crippen LogP contribution is 2.25. The highest BCUT2D eigenvalue weighted by molar-refractivity contribution is 6.03. The number of nitrogens with two attached hydrogens (primary N) is 1. The second kappa shape index (κ2) is 3.98. The summed E-state index contributed by atoms with van der Waals surface area (Å²) in [7, 11) is 1.60.